The number of rotatable bonds is 4. The Balaban J connectivity index is 1.98. The van der Waals surface area contributed by atoms with E-state index in [2.05, 4.69) is 34.5 Å². The zero-order chi connectivity index (χ0) is 15.4. The number of nitrogens with one attached hydrogen (secondary N) is 1. The second-order valence-corrected chi connectivity index (χ2v) is 5.32. The maximum atomic E-state index is 5.63. The summed E-state index contributed by atoms with van der Waals surface area (Å²) in [6.07, 6.45) is 0. The fraction of sp³-hybridized carbons (Fsp3) is 0.333. The van der Waals surface area contributed by atoms with Gasteiger partial charge in [0, 0.05) is 49.1 Å². The van der Waals surface area contributed by atoms with Gasteiger partial charge in [0.05, 0.1) is 14.2 Å². The number of anilines is 1. The van der Waals surface area contributed by atoms with Crippen molar-refractivity contribution in [2.45, 2.75) is 0 Å². The highest BCUT2D eigenvalue weighted by molar-refractivity contribution is 5.78. The molecule has 0 radical (unpaired) electrons. The molecule has 1 heterocycles. The molecule has 0 bridgehead atoms. The second-order valence-electron chi connectivity index (χ2n) is 5.32. The molecule has 0 saturated carbocycles. The molecule has 0 amide bonds. The third-order valence-corrected chi connectivity index (χ3v) is 4.06. The molecular weight excluding hydrogens is 276 g/mol. The number of methoxy groups -OCH3 is 2. The molecule has 1 fully saturated rings. The monoisotopic (exact) mass is 298 g/mol. The number of para-hydroxylation sites is 1. The van der Waals surface area contributed by atoms with Gasteiger partial charge in [0.1, 0.15) is 11.5 Å². The first kappa shape index (κ1) is 14.7. The van der Waals surface area contributed by atoms with Crippen LogP contribution in [0.1, 0.15) is 0 Å². The Kier molecular flexibility index (Phi) is 4.49. The summed E-state index contributed by atoms with van der Waals surface area (Å²) in [6.45, 7) is 4.10. The van der Waals surface area contributed by atoms with Crippen molar-refractivity contribution >= 4 is 5.69 Å². The van der Waals surface area contributed by atoms with E-state index in [-0.39, 0.29) is 0 Å². The zero-order valence-electron chi connectivity index (χ0n) is 13.1. The minimum atomic E-state index is 0.857. The van der Waals surface area contributed by atoms with Crippen LogP contribution in [0.25, 0.3) is 11.1 Å². The Labute approximate surface area is 131 Å². The van der Waals surface area contributed by atoms with E-state index in [0.717, 1.165) is 48.8 Å². The van der Waals surface area contributed by atoms with E-state index in [9.17, 15) is 0 Å². The highest BCUT2D eigenvalue weighted by atomic mass is 16.5. The molecular formula is C18H22N2O2. The molecule has 4 heteroatoms. The Morgan fingerprint density at radius 3 is 2.27 bits per heavy atom. The average Bonchev–Trinajstić information content (AvgIpc) is 2.62. The van der Waals surface area contributed by atoms with Crippen LogP contribution in [0.2, 0.25) is 0 Å². The van der Waals surface area contributed by atoms with E-state index in [1.54, 1.807) is 14.2 Å². The van der Waals surface area contributed by atoms with E-state index in [4.69, 9.17) is 9.47 Å². The van der Waals surface area contributed by atoms with Crippen LogP contribution in [0, 0.1) is 0 Å². The maximum Gasteiger partial charge on any atom is 0.128 e. The Bertz CT molecular complexity index is 637. The maximum absolute atomic E-state index is 5.63. The number of ether oxygens (including phenoxy) is 2. The highest BCUT2D eigenvalue weighted by Gasteiger charge is 2.15. The first-order valence-corrected chi connectivity index (χ1v) is 7.60. The third-order valence-electron chi connectivity index (χ3n) is 4.06. The van der Waals surface area contributed by atoms with Crippen LogP contribution in [0.3, 0.4) is 0 Å². The lowest BCUT2D eigenvalue weighted by Crippen LogP contribution is -2.43. The van der Waals surface area contributed by atoms with Crippen molar-refractivity contribution < 1.29 is 9.47 Å². The summed E-state index contributed by atoms with van der Waals surface area (Å²) in [4.78, 5) is 2.38. The third kappa shape index (κ3) is 2.88. The van der Waals surface area contributed by atoms with Crippen LogP contribution >= 0.6 is 0 Å². The summed E-state index contributed by atoms with van der Waals surface area (Å²) < 4.78 is 11.1. The van der Waals surface area contributed by atoms with Gasteiger partial charge in [-0.2, -0.15) is 0 Å². The summed E-state index contributed by atoms with van der Waals surface area (Å²) in [5, 5.41) is 3.38. The smallest absolute Gasteiger partial charge is 0.128 e. The van der Waals surface area contributed by atoms with Gasteiger partial charge in [-0.15, -0.1) is 0 Å². The molecule has 1 saturated heterocycles. The molecule has 0 aliphatic carbocycles. The van der Waals surface area contributed by atoms with E-state index < -0.39 is 0 Å². The van der Waals surface area contributed by atoms with Crippen LogP contribution in [-0.2, 0) is 0 Å². The number of hydrogen-bond donors (Lipinski definition) is 1. The number of benzene rings is 2. The molecule has 2 aromatic rings. The lowest BCUT2D eigenvalue weighted by atomic mass is 10.0. The fourth-order valence-electron chi connectivity index (χ4n) is 2.89. The molecule has 0 aromatic heterocycles. The molecule has 116 valence electrons. The summed E-state index contributed by atoms with van der Waals surface area (Å²) in [5.74, 6) is 1.73. The first-order chi connectivity index (χ1) is 10.8. The van der Waals surface area contributed by atoms with E-state index in [1.165, 1.54) is 5.69 Å². The van der Waals surface area contributed by atoms with Crippen LogP contribution in [0.15, 0.2) is 42.5 Å². The summed E-state index contributed by atoms with van der Waals surface area (Å²) in [6, 6.07) is 14.4. The summed E-state index contributed by atoms with van der Waals surface area (Å²) in [7, 11) is 3.41. The van der Waals surface area contributed by atoms with Crippen LogP contribution < -0.4 is 19.7 Å². The topological polar surface area (TPSA) is 33.7 Å². The molecule has 1 aliphatic rings. The van der Waals surface area contributed by atoms with E-state index in [1.807, 2.05) is 18.2 Å². The van der Waals surface area contributed by atoms with Crippen molar-refractivity contribution in [2.75, 3.05) is 45.3 Å². The lowest BCUT2D eigenvalue weighted by Gasteiger charge is -2.30. The van der Waals surface area contributed by atoms with Gasteiger partial charge in [-0.05, 0) is 18.2 Å². The zero-order valence-corrected chi connectivity index (χ0v) is 13.1. The van der Waals surface area contributed by atoms with Gasteiger partial charge in [-0.25, -0.2) is 0 Å². The molecule has 0 unspecified atom stereocenters. The fourth-order valence-corrected chi connectivity index (χ4v) is 2.89. The number of hydrogen-bond acceptors (Lipinski definition) is 4. The molecule has 1 N–H and O–H groups in total. The molecule has 1 aliphatic heterocycles. The van der Waals surface area contributed by atoms with Gasteiger partial charge in [-0.3, -0.25) is 0 Å². The Morgan fingerprint density at radius 2 is 1.55 bits per heavy atom. The molecule has 2 aromatic carbocycles. The van der Waals surface area contributed by atoms with Crippen LogP contribution in [-0.4, -0.2) is 40.4 Å². The molecule has 0 atom stereocenters. The Hall–Kier alpha value is -2.20. The SMILES string of the molecule is COc1ccccc1-c1ccc(N2CCNCC2)cc1OC. The van der Waals surface area contributed by atoms with Crippen molar-refractivity contribution in [2.24, 2.45) is 0 Å². The number of nitrogens with zero attached hydrogens (tertiary/aromatic N) is 1. The predicted molar refractivity (Wildman–Crippen MR) is 90.1 cm³/mol. The van der Waals surface area contributed by atoms with E-state index in [0.29, 0.717) is 0 Å². The van der Waals surface area contributed by atoms with Gasteiger partial charge >= 0.3 is 0 Å². The van der Waals surface area contributed by atoms with Gasteiger partial charge in [0.2, 0.25) is 0 Å². The normalized spacial score (nSPS) is 14.7. The van der Waals surface area contributed by atoms with Crippen molar-refractivity contribution in [1.82, 2.24) is 5.32 Å². The average molecular weight is 298 g/mol. The number of piperazine rings is 1. The lowest BCUT2D eigenvalue weighted by molar-refractivity contribution is 0.410. The summed E-state index contributed by atoms with van der Waals surface area (Å²) >= 11 is 0. The van der Waals surface area contributed by atoms with Crippen LogP contribution in [0.4, 0.5) is 5.69 Å². The molecule has 3 rings (SSSR count). The molecule has 0 spiro atoms. The highest BCUT2D eigenvalue weighted by Crippen LogP contribution is 2.38. The minimum absolute atomic E-state index is 0.857. The van der Waals surface area contributed by atoms with Crippen molar-refractivity contribution in [3.05, 3.63) is 42.5 Å². The largest absolute Gasteiger partial charge is 0.496 e. The molecule has 22 heavy (non-hydrogen) atoms. The quantitative estimate of drug-likeness (QED) is 0.941. The van der Waals surface area contributed by atoms with Crippen molar-refractivity contribution in [3.8, 4) is 22.6 Å². The van der Waals surface area contributed by atoms with Gasteiger partial charge in [0.15, 0.2) is 0 Å². The minimum Gasteiger partial charge on any atom is -0.496 e. The predicted octanol–water partition coefficient (Wildman–Crippen LogP) is 2.78. The molecule has 4 nitrogen and oxygen atoms in total. The standard InChI is InChI=1S/C18H22N2O2/c1-21-17-6-4-3-5-15(17)16-8-7-14(13-18(16)22-2)20-11-9-19-10-12-20/h3-8,13,19H,9-12H2,1-2H3. The van der Waals surface area contributed by atoms with Gasteiger partial charge in [0.25, 0.3) is 0 Å². The summed E-state index contributed by atoms with van der Waals surface area (Å²) in [5.41, 5.74) is 3.31. The van der Waals surface area contributed by atoms with E-state index >= 15 is 0 Å². The van der Waals surface area contributed by atoms with Crippen LogP contribution in [0.5, 0.6) is 11.5 Å². The Morgan fingerprint density at radius 1 is 0.864 bits per heavy atom. The second kappa shape index (κ2) is 6.71. The van der Waals surface area contributed by atoms with Crippen molar-refractivity contribution in [3.63, 3.8) is 0 Å². The van der Waals surface area contributed by atoms with Gasteiger partial charge < -0.3 is 19.7 Å². The van der Waals surface area contributed by atoms with Crippen molar-refractivity contribution in [1.29, 1.82) is 0 Å². The van der Waals surface area contributed by atoms with Gasteiger partial charge in [-0.1, -0.05) is 18.2 Å². The first-order valence-electron chi connectivity index (χ1n) is 7.60.